The van der Waals surface area contributed by atoms with E-state index in [0.29, 0.717) is 39.2 Å². The number of hydrogen-bond acceptors (Lipinski definition) is 12. The van der Waals surface area contributed by atoms with E-state index in [4.69, 9.17) is 16.3 Å². The van der Waals surface area contributed by atoms with Gasteiger partial charge in [-0.15, -0.1) is 0 Å². The molecule has 60 heavy (non-hydrogen) atoms. The minimum atomic E-state index is -0.783. The molecule has 4 fully saturated rings. The zero-order valence-electron chi connectivity index (χ0n) is 34.5. The van der Waals surface area contributed by atoms with Crippen LogP contribution in [0.2, 0.25) is 5.02 Å². The molecule has 0 spiro atoms. The summed E-state index contributed by atoms with van der Waals surface area (Å²) in [4.78, 5) is 66.9. The van der Waals surface area contributed by atoms with Gasteiger partial charge in [0.2, 0.25) is 11.9 Å². The van der Waals surface area contributed by atoms with E-state index in [0.717, 1.165) is 76.1 Å². The molecule has 15 nitrogen and oxygen atoms in total. The predicted octanol–water partition coefficient (Wildman–Crippen LogP) is 4.73. The van der Waals surface area contributed by atoms with Gasteiger partial charge in [-0.25, -0.2) is 14.6 Å². The number of nitriles is 1. The Kier molecular flexibility index (Phi) is 11.3. The molecule has 2 N–H and O–H groups in total. The Balaban J connectivity index is 0.772. The molecule has 1 aliphatic carbocycles. The summed E-state index contributed by atoms with van der Waals surface area (Å²) < 4.78 is 7.56. The number of amides is 3. The summed E-state index contributed by atoms with van der Waals surface area (Å²) in [5, 5.41) is 20.6. The third kappa shape index (κ3) is 8.02. The first-order valence-corrected chi connectivity index (χ1v) is 21.2. The number of anilines is 2. The number of rotatable bonds is 10. The lowest BCUT2D eigenvalue weighted by molar-refractivity contribution is -0.164. The van der Waals surface area contributed by atoms with Gasteiger partial charge in [0.25, 0.3) is 17.4 Å². The van der Waals surface area contributed by atoms with Crippen molar-refractivity contribution in [1.29, 1.82) is 5.26 Å². The van der Waals surface area contributed by atoms with Gasteiger partial charge in [-0.1, -0.05) is 39.3 Å². The quantitative estimate of drug-likeness (QED) is 0.210. The highest BCUT2D eigenvalue weighted by Gasteiger charge is 2.64. The van der Waals surface area contributed by atoms with Gasteiger partial charge in [-0.3, -0.25) is 29.4 Å². The first-order valence-electron chi connectivity index (χ1n) is 20.8. The van der Waals surface area contributed by atoms with Gasteiger partial charge in [-0.2, -0.15) is 10.4 Å². The molecular weight excluding hydrogens is 784 g/mol. The average molecular weight is 835 g/mol. The van der Waals surface area contributed by atoms with E-state index in [1.807, 2.05) is 18.2 Å². The monoisotopic (exact) mass is 834 g/mol. The summed E-state index contributed by atoms with van der Waals surface area (Å²) in [6.45, 7) is 14.8. The molecule has 2 aromatic carbocycles. The number of imide groups is 1. The van der Waals surface area contributed by atoms with Crippen LogP contribution in [0.3, 0.4) is 0 Å². The minimum absolute atomic E-state index is 0.167. The number of piperidine rings is 2. The lowest BCUT2D eigenvalue weighted by Crippen LogP contribution is -2.74. The van der Waals surface area contributed by atoms with Crippen molar-refractivity contribution < 1.29 is 19.1 Å². The first kappa shape index (κ1) is 41.2. The fourth-order valence-electron chi connectivity index (χ4n) is 9.91. The normalized spacial score (nSPS) is 23.1. The number of carbonyl (C=O) groups excluding carboxylic acids is 3. The lowest BCUT2D eigenvalue weighted by atomic mass is 9.49. The van der Waals surface area contributed by atoms with Crippen molar-refractivity contribution in [2.45, 2.75) is 78.0 Å². The Morgan fingerprint density at radius 3 is 2.32 bits per heavy atom. The summed E-state index contributed by atoms with van der Waals surface area (Å²) in [6.07, 6.45) is 8.36. The maximum absolute atomic E-state index is 13.4. The van der Waals surface area contributed by atoms with Crippen LogP contribution in [0.4, 0.5) is 11.6 Å². The second-order valence-electron chi connectivity index (χ2n) is 17.8. The summed E-state index contributed by atoms with van der Waals surface area (Å²) in [5.41, 5.74) is 0.763. The summed E-state index contributed by atoms with van der Waals surface area (Å²) in [7, 11) is 0. The zero-order chi connectivity index (χ0) is 42.3. The molecule has 0 bridgehead atoms. The van der Waals surface area contributed by atoms with Crippen LogP contribution in [0.1, 0.15) is 81.8 Å². The molecule has 314 valence electrons. The highest BCUT2D eigenvalue weighted by molar-refractivity contribution is 6.31. The van der Waals surface area contributed by atoms with E-state index in [2.05, 4.69) is 74.2 Å². The minimum Gasteiger partial charge on any atom is -0.489 e. The van der Waals surface area contributed by atoms with Crippen LogP contribution in [-0.2, 0) is 9.59 Å². The second-order valence-corrected chi connectivity index (χ2v) is 18.2. The number of hydrogen-bond donors (Lipinski definition) is 2. The van der Waals surface area contributed by atoms with Gasteiger partial charge < -0.3 is 19.9 Å². The van der Waals surface area contributed by atoms with Crippen molar-refractivity contribution in [3.8, 4) is 11.8 Å². The maximum atomic E-state index is 13.4. The number of nitrogens with zero attached hydrogens (tertiary/aromatic N) is 8. The fraction of sp³-hybridized carbons (Fsp3) is 0.500. The van der Waals surface area contributed by atoms with Crippen LogP contribution in [0.5, 0.6) is 5.75 Å². The Hall–Kier alpha value is -5.59. The van der Waals surface area contributed by atoms with Crippen LogP contribution in [0, 0.1) is 28.1 Å². The lowest BCUT2D eigenvalue weighted by Gasteiger charge is -2.63. The van der Waals surface area contributed by atoms with E-state index in [9.17, 15) is 24.4 Å². The number of halogens is 1. The third-order valence-electron chi connectivity index (χ3n) is 13.1. The highest BCUT2D eigenvalue weighted by Crippen LogP contribution is 2.55. The van der Waals surface area contributed by atoms with Gasteiger partial charge >= 0.3 is 0 Å². The molecule has 1 atom stereocenters. The Bertz CT molecular complexity index is 2380. The van der Waals surface area contributed by atoms with Gasteiger partial charge in [0.1, 0.15) is 24.0 Å². The molecule has 2 aromatic heterocycles. The summed E-state index contributed by atoms with van der Waals surface area (Å²) in [5.74, 6) is 0.812. The van der Waals surface area contributed by atoms with Crippen molar-refractivity contribution in [3.63, 3.8) is 0 Å². The number of benzene rings is 2. The molecular formula is C44H51ClN10O5. The number of carbonyl (C=O) groups is 3. The SMILES string of the molecule is CC1(C)C(NC(=O)c2cnc(N3CCC(CCN4CCN(c5ccc6c(=O)n([C@@H]7CCC(=O)NC7=O)ncc6c5)CC4)CC3)nc2)C(C)(C)C1Oc1ccc(C#N)c(Cl)c1. The van der Waals surface area contributed by atoms with Crippen molar-refractivity contribution >= 4 is 51.7 Å². The zero-order valence-corrected chi connectivity index (χ0v) is 35.2. The average Bonchev–Trinajstić information content (AvgIpc) is 3.24. The van der Waals surface area contributed by atoms with E-state index < -0.39 is 11.9 Å². The third-order valence-corrected chi connectivity index (χ3v) is 13.4. The van der Waals surface area contributed by atoms with Gasteiger partial charge in [0.05, 0.1) is 27.7 Å². The number of nitrogens with one attached hydrogen (secondary N) is 2. The number of fused-ring (bicyclic) bond motifs is 1. The fourth-order valence-corrected chi connectivity index (χ4v) is 10.1. The van der Waals surface area contributed by atoms with Crippen LogP contribution in [-0.4, -0.2) is 100 Å². The second kappa shape index (κ2) is 16.5. The maximum Gasteiger partial charge on any atom is 0.275 e. The molecule has 0 unspecified atom stereocenters. The molecule has 3 amide bonds. The van der Waals surface area contributed by atoms with Gasteiger partial charge in [-0.05, 0) is 68.5 Å². The molecule has 3 aliphatic heterocycles. The topological polar surface area (TPSA) is 179 Å². The molecule has 1 saturated carbocycles. The number of aromatic nitrogens is 4. The molecule has 8 rings (SSSR count). The summed E-state index contributed by atoms with van der Waals surface area (Å²) in [6, 6.07) is 12.0. The molecule has 5 heterocycles. The van der Waals surface area contributed by atoms with E-state index in [-0.39, 0.29) is 53.2 Å². The van der Waals surface area contributed by atoms with Gasteiger partial charge in [0, 0.05) is 92.1 Å². The van der Waals surface area contributed by atoms with E-state index in [1.54, 1.807) is 36.8 Å². The summed E-state index contributed by atoms with van der Waals surface area (Å²) >= 11 is 6.25. The molecule has 4 aliphatic rings. The van der Waals surface area contributed by atoms with Crippen LogP contribution < -0.4 is 30.7 Å². The Morgan fingerprint density at radius 2 is 1.65 bits per heavy atom. The number of piperazine rings is 1. The van der Waals surface area contributed by atoms with Crippen molar-refractivity contribution in [3.05, 3.63) is 81.5 Å². The van der Waals surface area contributed by atoms with Gasteiger partial charge in [0.15, 0.2) is 0 Å². The van der Waals surface area contributed by atoms with E-state index in [1.165, 1.54) is 4.68 Å². The number of ether oxygens (including phenoxy) is 1. The van der Waals surface area contributed by atoms with Crippen LogP contribution in [0.25, 0.3) is 10.8 Å². The standard InChI is InChI=1S/C44H51ClN10O5/c1-43(2)40(44(3,4)41(43)60-32-7-5-28(23-46)34(45)22-32)51-37(57)30-24-47-42(48-25-30)54-15-12-27(13-16-54)11-14-52-17-19-53(20-18-52)31-6-8-33-29(21-31)26-49-55(39(33)59)35-9-10-36(56)50-38(35)58/h5-8,21-22,24-27,35,40-41H,9-20H2,1-4H3,(H,51,57)(H,50,56,58)/t35-,40?,41?/m1/s1. The molecule has 16 heteroatoms. The Morgan fingerprint density at radius 1 is 0.933 bits per heavy atom. The Labute approximate surface area is 354 Å². The predicted molar refractivity (Wildman–Crippen MR) is 227 cm³/mol. The smallest absolute Gasteiger partial charge is 0.275 e. The van der Waals surface area contributed by atoms with Crippen molar-refractivity contribution in [1.82, 2.24) is 35.3 Å². The highest BCUT2D eigenvalue weighted by atomic mass is 35.5. The largest absolute Gasteiger partial charge is 0.489 e. The van der Waals surface area contributed by atoms with Crippen LogP contribution >= 0.6 is 11.6 Å². The van der Waals surface area contributed by atoms with Crippen LogP contribution in [0.15, 0.2) is 59.8 Å². The van der Waals surface area contributed by atoms with Crippen molar-refractivity contribution in [2.75, 3.05) is 55.6 Å². The molecule has 3 saturated heterocycles. The molecule has 4 aromatic rings. The van der Waals surface area contributed by atoms with Crippen molar-refractivity contribution in [2.24, 2.45) is 16.7 Å². The molecule has 0 radical (unpaired) electrons. The van der Waals surface area contributed by atoms with E-state index >= 15 is 0 Å². The first-order chi connectivity index (χ1) is 28.7.